The molecule has 1 heterocycles. The summed E-state index contributed by atoms with van der Waals surface area (Å²) in [6.45, 7) is 2.37. The average Bonchev–Trinajstić information content (AvgIpc) is 2.97. The van der Waals surface area contributed by atoms with Gasteiger partial charge in [0.15, 0.2) is 0 Å². The van der Waals surface area contributed by atoms with Gasteiger partial charge in [0.25, 0.3) is 5.91 Å². The number of nitrogens with one attached hydrogen (secondary N) is 1. The Labute approximate surface area is 131 Å². The molecule has 1 aromatic heterocycles. The van der Waals surface area contributed by atoms with Crippen LogP contribution in [0.15, 0.2) is 34.9 Å². The van der Waals surface area contributed by atoms with Crippen molar-refractivity contribution >= 4 is 23.6 Å². The summed E-state index contributed by atoms with van der Waals surface area (Å²) in [5.74, 6) is -0.540. The number of aryl methyl sites for hydroxylation is 1. The standard InChI is InChI=1S/C15H16N2O4S/c1-10-2-4-11(5-3-10)12-8-13(21-17-12)15(20)16-6-7-22-9-14(18)19/h2-5,8H,6-7,9H2,1H3,(H,16,20)(H,18,19). The number of carboxylic acid groups (broad SMARTS) is 1. The van der Waals surface area contributed by atoms with Crippen LogP contribution in [0, 0.1) is 6.92 Å². The summed E-state index contributed by atoms with van der Waals surface area (Å²) in [4.78, 5) is 22.2. The maximum Gasteiger partial charge on any atom is 0.313 e. The van der Waals surface area contributed by atoms with E-state index in [-0.39, 0.29) is 17.4 Å². The Balaban J connectivity index is 1.86. The summed E-state index contributed by atoms with van der Waals surface area (Å²) in [5, 5.41) is 15.0. The van der Waals surface area contributed by atoms with Crippen LogP contribution in [0.25, 0.3) is 11.3 Å². The molecule has 2 rings (SSSR count). The topological polar surface area (TPSA) is 92.4 Å². The minimum atomic E-state index is -0.866. The van der Waals surface area contributed by atoms with Crippen LogP contribution in [0.5, 0.6) is 0 Å². The van der Waals surface area contributed by atoms with Crippen molar-refractivity contribution in [3.63, 3.8) is 0 Å². The number of hydrogen-bond acceptors (Lipinski definition) is 5. The fourth-order valence-electron chi connectivity index (χ4n) is 1.73. The highest BCUT2D eigenvalue weighted by Gasteiger charge is 2.13. The molecule has 1 aromatic carbocycles. The van der Waals surface area contributed by atoms with Crippen LogP contribution in [0.1, 0.15) is 16.1 Å². The molecule has 0 aliphatic carbocycles. The second kappa shape index (κ2) is 7.65. The van der Waals surface area contributed by atoms with E-state index in [2.05, 4.69) is 10.5 Å². The quantitative estimate of drug-likeness (QED) is 0.760. The van der Waals surface area contributed by atoms with Gasteiger partial charge < -0.3 is 14.9 Å². The number of carbonyl (C=O) groups is 2. The normalized spacial score (nSPS) is 10.4. The zero-order chi connectivity index (χ0) is 15.9. The number of aromatic nitrogens is 1. The lowest BCUT2D eigenvalue weighted by Crippen LogP contribution is -2.25. The maximum atomic E-state index is 11.9. The van der Waals surface area contributed by atoms with E-state index in [9.17, 15) is 9.59 Å². The SMILES string of the molecule is Cc1ccc(-c2cc(C(=O)NCCSCC(=O)O)on2)cc1. The molecule has 0 saturated heterocycles. The number of rotatable bonds is 7. The third-order valence-corrected chi connectivity index (χ3v) is 3.78. The Morgan fingerprint density at radius 2 is 2.05 bits per heavy atom. The van der Waals surface area contributed by atoms with Gasteiger partial charge in [-0.25, -0.2) is 0 Å². The minimum absolute atomic E-state index is 0.0236. The van der Waals surface area contributed by atoms with Gasteiger partial charge in [0.05, 0.1) is 5.75 Å². The van der Waals surface area contributed by atoms with Crippen molar-refractivity contribution in [1.29, 1.82) is 0 Å². The van der Waals surface area contributed by atoms with Gasteiger partial charge in [-0.3, -0.25) is 9.59 Å². The van der Waals surface area contributed by atoms with Crippen LogP contribution in [-0.4, -0.2) is 40.2 Å². The number of carbonyl (C=O) groups excluding carboxylic acids is 1. The van der Waals surface area contributed by atoms with Gasteiger partial charge in [-0.15, -0.1) is 11.8 Å². The van der Waals surface area contributed by atoms with E-state index >= 15 is 0 Å². The molecule has 0 fully saturated rings. The van der Waals surface area contributed by atoms with E-state index in [4.69, 9.17) is 9.63 Å². The first-order valence-electron chi connectivity index (χ1n) is 6.68. The monoisotopic (exact) mass is 320 g/mol. The Morgan fingerprint density at radius 1 is 1.32 bits per heavy atom. The predicted octanol–water partition coefficient (Wildman–Crippen LogP) is 2.20. The van der Waals surface area contributed by atoms with Crippen LogP contribution in [0.3, 0.4) is 0 Å². The lowest BCUT2D eigenvalue weighted by atomic mass is 10.1. The summed E-state index contributed by atoms with van der Waals surface area (Å²) in [6.07, 6.45) is 0. The molecule has 7 heteroatoms. The van der Waals surface area contributed by atoms with Crippen molar-refractivity contribution in [2.75, 3.05) is 18.1 Å². The highest BCUT2D eigenvalue weighted by molar-refractivity contribution is 7.99. The van der Waals surface area contributed by atoms with E-state index < -0.39 is 5.97 Å². The van der Waals surface area contributed by atoms with Crippen LogP contribution < -0.4 is 5.32 Å². The highest BCUT2D eigenvalue weighted by Crippen LogP contribution is 2.19. The molecule has 2 aromatic rings. The maximum absolute atomic E-state index is 11.9. The van der Waals surface area contributed by atoms with Gasteiger partial charge in [-0.05, 0) is 6.92 Å². The zero-order valence-corrected chi connectivity index (χ0v) is 12.9. The summed E-state index contributed by atoms with van der Waals surface area (Å²) < 4.78 is 5.04. The second-order valence-corrected chi connectivity index (χ2v) is 5.75. The predicted molar refractivity (Wildman–Crippen MR) is 84.0 cm³/mol. The fraction of sp³-hybridized carbons (Fsp3) is 0.267. The van der Waals surface area contributed by atoms with Crippen molar-refractivity contribution in [2.45, 2.75) is 6.92 Å². The van der Waals surface area contributed by atoms with Gasteiger partial charge in [0, 0.05) is 23.9 Å². The first-order valence-corrected chi connectivity index (χ1v) is 7.83. The molecular formula is C15H16N2O4S. The lowest BCUT2D eigenvalue weighted by molar-refractivity contribution is -0.133. The number of amides is 1. The summed E-state index contributed by atoms with van der Waals surface area (Å²) in [5.41, 5.74) is 2.62. The van der Waals surface area contributed by atoms with Crippen LogP contribution >= 0.6 is 11.8 Å². The molecule has 0 unspecified atom stereocenters. The zero-order valence-electron chi connectivity index (χ0n) is 12.0. The molecule has 22 heavy (non-hydrogen) atoms. The molecule has 0 atom stereocenters. The van der Waals surface area contributed by atoms with Crippen molar-refractivity contribution < 1.29 is 19.2 Å². The smallest absolute Gasteiger partial charge is 0.313 e. The molecule has 0 spiro atoms. The third-order valence-electron chi connectivity index (χ3n) is 2.84. The number of hydrogen-bond donors (Lipinski definition) is 2. The summed E-state index contributed by atoms with van der Waals surface area (Å²) >= 11 is 1.24. The minimum Gasteiger partial charge on any atom is -0.481 e. The van der Waals surface area contributed by atoms with E-state index in [1.807, 2.05) is 31.2 Å². The van der Waals surface area contributed by atoms with Crippen molar-refractivity contribution in [3.05, 3.63) is 41.7 Å². The molecule has 116 valence electrons. The molecule has 0 aliphatic rings. The number of carboxylic acids is 1. The Kier molecular flexibility index (Phi) is 5.60. The first kappa shape index (κ1) is 16.1. The largest absolute Gasteiger partial charge is 0.481 e. The van der Waals surface area contributed by atoms with Gasteiger partial charge >= 0.3 is 5.97 Å². The molecule has 1 amide bonds. The third kappa shape index (κ3) is 4.63. The van der Waals surface area contributed by atoms with Gasteiger partial charge in [-0.2, -0.15) is 0 Å². The number of nitrogens with zero attached hydrogens (tertiary/aromatic N) is 1. The van der Waals surface area contributed by atoms with Crippen molar-refractivity contribution in [1.82, 2.24) is 10.5 Å². The Hall–Kier alpha value is -2.28. The molecule has 0 radical (unpaired) electrons. The van der Waals surface area contributed by atoms with E-state index in [1.165, 1.54) is 11.8 Å². The lowest BCUT2D eigenvalue weighted by Gasteiger charge is -2.00. The van der Waals surface area contributed by atoms with Crippen LogP contribution in [-0.2, 0) is 4.79 Å². The molecule has 0 aliphatic heterocycles. The molecule has 2 N–H and O–H groups in total. The van der Waals surface area contributed by atoms with E-state index in [0.717, 1.165) is 11.1 Å². The van der Waals surface area contributed by atoms with Gasteiger partial charge in [0.2, 0.25) is 5.76 Å². The first-order chi connectivity index (χ1) is 10.6. The summed E-state index contributed by atoms with van der Waals surface area (Å²) in [7, 11) is 0. The molecule has 0 saturated carbocycles. The second-order valence-electron chi connectivity index (χ2n) is 4.64. The van der Waals surface area contributed by atoms with Gasteiger partial charge in [0.1, 0.15) is 5.69 Å². The molecule has 0 bridgehead atoms. The van der Waals surface area contributed by atoms with Gasteiger partial charge in [-0.1, -0.05) is 35.0 Å². The van der Waals surface area contributed by atoms with E-state index in [1.54, 1.807) is 6.07 Å². The van der Waals surface area contributed by atoms with Crippen LogP contribution in [0.4, 0.5) is 0 Å². The van der Waals surface area contributed by atoms with Crippen LogP contribution in [0.2, 0.25) is 0 Å². The fourth-order valence-corrected chi connectivity index (χ4v) is 2.29. The van der Waals surface area contributed by atoms with Crippen molar-refractivity contribution in [2.24, 2.45) is 0 Å². The summed E-state index contributed by atoms with van der Waals surface area (Å²) in [6, 6.07) is 9.34. The molecular weight excluding hydrogens is 304 g/mol. The van der Waals surface area contributed by atoms with Crippen molar-refractivity contribution in [3.8, 4) is 11.3 Å². The Morgan fingerprint density at radius 3 is 2.73 bits per heavy atom. The average molecular weight is 320 g/mol. The van der Waals surface area contributed by atoms with E-state index in [0.29, 0.717) is 18.0 Å². The number of benzene rings is 1. The number of aliphatic carboxylic acids is 1. The number of thioether (sulfide) groups is 1. The molecule has 6 nitrogen and oxygen atoms in total. The highest BCUT2D eigenvalue weighted by atomic mass is 32.2. The Bertz CT molecular complexity index is 652.